The number of hydrogen-bond donors (Lipinski definition) is 2. The van der Waals surface area contributed by atoms with E-state index >= 15 is 0 Å². The van der Waals surface area contributed by atoms with Crippen molar-refractivity contribution in [1.82, 2.24) is 15.2 Å². The van der Waals surface area contributed by atoms with Gasteiger partial charge < -0.3 is 10.5 Å². The van der Waals surface area contributed by atoms with Crippen LogP contribution in [0.4, 0.5) is 0 Å². The normalized spacial score (nSPS) is 10.5. The van der Waals surface area contributed by atoms with Gasteiger partial charge in [-0.3, -0.25) is 5.10 Å². The molecule has 0 aliphatic heterocycles. The maximum atomic E-state index is 5.35. The number of aromatic nitrogens is 3. The van der Waals surface area contributed by atoms with Gasteiger partial charge in [-0.1, -0.05) is 0 Å². The molecule has 12 heavy (non-hydrogen) atoms. The zero-order valence-corrected chi connectivity index (χ0v) is 7.21. The standard InChI is InChI=1S/C7H14N4O/c1-2-12-4-3-6-9-7(5-8)11-10-6/h2-5,8H2,1H3,(H,9,10,11). The van der Waals surface area contributed by atoms with Gasteiger partial charge in [0.05, 0.1) is 13.2 Å². The number of H-pyrrole nitrogens is 1. The van der Waals surface area contributed by atoms with Gasteiger partial charge in [-0.05, 0) is 6.92 Å². The van der Waals surface area contributed by atoms with Crippen LogP contribution < -0.4 is 5.73 Å². The fraction of sp³-hybridized carbons (Fsp3) is 0.714. The molecule has 1 aromatic rings. The predicted molar refractivity (Wildman–Crippen MR) is 44.5 cm³/mol. The number of nitrogens with one attached hydrogen (secondary N) is 1. The Bertz CT molecular complexity index is 223. The number of ether oxygens (including phenoxy) is 1. The molecule has 0 saturated carbocycles. The summed E-state index contributed by atoms with van der Waals surface area (Å²) in [5.74, 6) is 1.49. The van der Waals surface area contributed by atoms with Crippen LogP contribution in [0.1, 0.15) is 18.6 Å². The lowest BCUT2D eigenvalue weighted by Gasteiger charge is -1.95. The summed E-state index contributed by atoms with van der Waals surface area (Å²) in [6.07, 6.45) is 0.740. The van der Waals surface area contributed by atoms with Gasteiger partial charge in [0, 0.05) is 13.0 Å². The fourth-order valence-electron chi connectivity index (χ4n) is 0.846. The molecule has 0 bridgehead atoms. The molecule has 0 fully saturated rings. The van der Waals surface area contributed by atoms with Crippen LogP contribution in [0.5, 0.6) is 0 Å². The Balaban J connectivity index is 2.31. The summed E-state index contributed by atoms with van der Waals surface area (Å²) in [6.45, 7) is 3.76. The van der Waals surface area contributed by atoms with E-state index < -0.39 is 0 Å². The van der Waals surface area contributed by atoms with Crippen molar-refractivity contribution >= 4 is 0 Å². The van der Waals surface area contributed by atoms with Gasteiger partial charge in [-0.2, -0.15) is 5.10 Å². The minimum absolute atomic E-state index is 0.404. The van der Waals surface area contributed by atoms with E-state index in [-0.39, 0.29) is 0 Å². The molecular formula is C7H14N4O. The smallest absolute Gasteiger partial charge is 0.153 e. The van der Waals surface area contributed by atoms with Crippen molar-refractivity contribution in [3.8, 4) is 0 Å². The molecule has 0 spiro atoms. The molecule has 0 aliphatic carbocycles. The monoisotopic (exact) mass is 170 g/mol. The maximum Gasteiger partial charge on any atom is 0.153 e. The third kappa shape index (κ3) is 2.60. The first-order valence-corrected chi connectivity index (χ1v) is 4.04. The van der Waals surface area contributed by atoms with Gasteiger partial charge in [0.2, 0.25) is 0 Å². The highest BCUT2D eigenvalue weighted by molar-refractivity contribution is 4.89. The molecular weight excluding hydrogens is 156 g/mol. The summed E-state index contributed by atoms with van der Waals surface area (Å²) < 4.78 is 5.16. The van der Waals surface area contributed by atoms with Gasteiger partial charge in [0.15, 0.2) is 5.82 Å². The van der Waals surface area contributed by atoms with Crippen LogP contribution in [0.25, 0.3) is 0 Å². The molecule has 1 rings (SSSR count). The highest BCUT2D eigenvalue weighted by atomic mass is 16.5. The van der Waals surface area contributed by atoms with Crippen molar-refractivity contribution in [1.29, 1.82) is 0 Å². The van der Waals surface area contributed by atoms with E-state index in [2.05, 4.69) is 15.2 Å². The zero-order chi connectivity index (χ0) is 8.81. The predicted octanol–water partition coefficient (Wildman–Crippen LogP) is -0.158. The van der Waals surface area contributed by atoms with Gasteiger partial charge in [0.25, 0.3) is 0 Å². The SMILES string of the molecule is CCOCCc1n[nH]c(CN)n1. The third-order valence-electron chi connectivity index (χ3n) is 1.45. The van der Waals surface area contributed by atoms with E-state index in [9.17, 15) is 0 Å². The number of nitrogens with zero attached hydrogens (tertiary/aromatic N) is 2. The first-order valence-electron chi connectivity index (χ1n) is 4.04. The van der Waals surface area contributed by atoms with Crippen LogP contribution in [-0.4, -0.2) is 28.4 Å². The largest absolute Gasteiger partial charge is 0.381 e. The number of rotatable bonds is 5. The Morgan fingerprint density at radius 1 is 1.58 bits per heavy atom. The number of nitrogens with two attached hydrogens (primary N) is 1. The lowest BCUT2D eigenvalue weighted by Crippen LogP contribution is -2.00. The summed E-state index contributed by atoms with van der Waals surface area (Å²) in [5, 5.41) is 6.70. The van der Waals surface area contributed by atoms with Crippen molar-refractivity contribution in [2.75, 3.05) is 13.2 Å². The zero-order valence-electron chi connectivity index (χ0n) is 7.21. The van der Waals surface area contributed by atoms with Gasteiger partial charge in [-0.25, -0.2) is 4.98 Å². The molecule has 1 aromatic heterocycles. The van der Waals surface area contributed by atoms with Crippen LogP contribution in [0.2, 0.25) is 0 Å². The van der Waals surface area contributed by atoms with Crippen molar-refractivity contribution in [3.63, 3.8) is 0 Å². The molecule has 5 nitrogen and oxygen atoms in total. The average Bonchev–Trinajstić information content (AvgIpc) is 2.53. The van der Waals surface area contributed by atoms with Crippen LogP contribution in [0.15, 0.2) is 0 Å². The third-order valence-corrected chi connectivity index (χ3v) is 1.45. The molecule has 1 heterocycles. The summed E-state index contributed by atoms with van der Waals surface area (Å²) in [5.41, 5.74) is 5.35. The summed E-state index contributed by atoms with van der Waals surface area (Å²) >= 11 is 0. The molecule has 0 aromatic carbocycles. The van der Waals surface area contributed by atoms with Crippen LogP contribution in [0, 0.1) is 0 Å². The van der Waals surface area contributed by atoms with Gasteiger partial charge >= 0.3 is 0 Å². The highest BCUT2D eigenvalue weighted by Gasteiger charge is 2.00. The first kappa shape index (κ1) is 9.15. The Labute approximate surface area is 71.3 Å². The molecule has 0 amide bonds. The van der Waals surface area contributed by atoms with Crippen LogP contribution in [0.3, 0.4) is 0 Å². The minimum Gasteiger partial charge on any atom is -0.381 e. The second-order valence-electron chi connectivity index (χ2n) is 2.35. The van der Waals surface area contributed by atoms with E-state index in [1.165, 1.54) is 0 Å². The minimum atomic E-state index is 0.404. The van der Waals surface area contributed by atoms with Crippen molar-refractivity contribution in [2.45, 2.75) is 19.9 Å². The summed E-state index contributed by atoms with van der Waals surface area (Å²) in [7, 11) is 0. The lowest BCUT2D eigenvalue weighted by molar-refractivity contribution is 0.149. The molecule has 0 radical (unpaired) electrons. The van der Waals surface area contributed by atoms with Crippen molar-refractivity contribution in [2.24, 2.45) is 5.73 Å². The van der Waals surface area contributed by atoms with Crippen LogP contribution in [-0.2, 0) is 17.7 Å². The van der Waals surface area contributed by atoms with Gasteiger partial charge in [-0.15, -0.1) is 0 Å². The van der Waals surface area contributed by atoms with Gasteiger partial charge in [0.1, 0.15) is 5.82 Å². The highest BCUT2D eigenvalue weighted by Crippen LogP contribution is 1.92. The van der Waals surface area contributed by atoms with E-state index in [4.69, 9.17) is 10.5 Å². The Hall–Kier alpha value is -0.940. The molecule has 0 saturated heterocycles. The van der Waals surface area contributed by atoms with Crippen molar-refractivity contribution < 1.29 is 4.74 Å². The van der Waals surface area contributed by atoms with E-state index in [1.807, 2.05) is 6.92 Å². The Kier molecular flexibility index (Phi) is 3.69. The molecule has 68 valence electrons. The van der Waals surface area contributed by atoms with Crippen LogP contribution >= 0.6 is 0 Å². The molecule has 0 unspecified atom stereocenters. The molecule has 3 N–H and O–H groups in total. The maximum absolute atomic E-state index is 5.35. The molecule has 0 atom stereocenters. The van der Waals surface area contributed by atoms with E-state index in [0.717, 1.165) is 24.7 Å². The number of hydrogen-bond acceptors (Lipinski definition) is 4. The Morgan fingerprint density at radius 2 is 2.42 bits per heavy atom. The average molecular weight is 170 g/mol. The summed E-state index contributed by atoms with van der Waals surface area (Å²) in [4.78, 5) is 4.13. The second-order valence-corrected chi connectivity index (χ2v) is 2.35. The first-order chi connectivity index (χ1) is 5.86. The molecule has 0 aliphatic rings. The fourth-order valence-corrected chi connectivity index (χ4v) is 0.846. The second kappa shape index (κ2) is 4.84. The molecule has 5 heteroatoms. The van der Waals surface area contributed by atoms with E-state index in [1.54, 1.807) is 0 Å². The van der Waals surface area contributed by atoms with Crippen molar-refractivity contribution in [3.05, 3.63) is 11.6 Å². The Morgan fingerprint density at radius 3 is 3.00 bits per heavy atom. The number of aromatic amines is 1. The topological polar surface area (TPSA) is 76.8 Å². The van der Waals surface area contributed by atoms with E-state index in [0.29, 0.717) is 13.2 Å². The lowest BCUT2D eigenvalue weighted by atomic mass is 10.4. The summed E-state index contributed by atoms with van der Waals surface area (Å²) in [6, 6.07) is 0. The quantitative estimate of drug-likeness (QED) is 0.602.